The van der Waals surface area contributed by atoms with Crippen LogP contribution in [-0.2, 0) is 4.79 Å². The molecular weight excluding hydrogens is 312 g/mol. The zero-order valence-corrected chi connectivity index (χ0v) is 14.7. The smallest absolute Gasteiger partial charge is 0.280 e. The Morgan fingerprint density at radius 1 is 1.08 bits per heavy atom. The van der Waals surface area contributed by atoms with Gasteiger partial charge in [0.05, 0.1) is 11.4 Å². The fourth-order valence-electron chi connectivity index (χ4n) is 2.33. The van der Waals surface area contributed by atoms with Crippen LogP contribution >= 0.6 is 0 Å². The molecule has 0 atom stereocenters. The highest BCUT2D eigenvalue weighted by Gasteiger charge is 2.22. The lowest BCUT2D eigenvalue weighted by Crippen LogP contribution is -2.40. The van der Waals surface area contributed by atoms with E-state index in [1.165, 1.54) is 0 Å². The topological polar surface area (TPSA) is 68.6 Å². The predicted molar refractivity (Wildman–Crippen MR) is 105 cm³/mol. The average Bonchev–Trinajstić information content (AvgIpc) is 2.63. The molecule has 1 amide bonds. The van der Waals surface area contributed by atoms with E-state index < -0.39 is 0 Å². The third-order valence-electron chi connectivity index (χ3n) is 3.68. The van der Waals surface area contributed by atoms with Crippen molar-refractivity contribution in [3.8, 4) is 0 Å². The summed E-state index contributed by atoms with van der Waals surface area (Å²) >= 11 is 0. The normalized spacial score (nSPS) is 11.0. The molecular formula is C20H24N4O. The van der Waals surface area contributed by atoms with Crippen LogP contribution in [0, 0.1) is 5.41 Å². The molecule has 130 valence electrons. The summed E-state index contributed by atoms with van der Waals surface area (Å²) < 4.78 is 0. The van der Waals surface area contributed by atoms with Gasteiger partial charge in [0.2, 0.25) is 0 Å². The first-order chi connectivity index (χ1) is 12.1. The van der Waals surface area contributed by atoms with Crippen molar-refractivity contribution in [1.82, 2.24) is 0 Å². The number of hydrogen-bond acceptors (Lipinski definition) is 4. The Morgan fingerprint density at radius 2 is 1.68 bits per heavy atom. The van der Waals surface area contributed by atoms with E-state index in [1.807, 2.05) is 60.7 Å². The summed E-state index contributed by atoms with van der Waals surface area (Å²) in [4.78, 5) is 14.7. The van der Waals surface area contributed by atoms with Crippen molar-refractivity contribution in [3.05, 3.63) is 60.7 Å². The minimum atomic E-state index is -0.268. The molecule has 0 aromatic heterocycles. The van der Waals surface area contributed by atoms with Gasteiger partial charge in [0.15, 0.2) is 5.71 Å². The molecule has 25 heavy (non-hydrogen) atoms. The molecule has 2 aromatic carbocycles. The maximum Gasteiger partial charge on any atom is 0.280 e. The van der Waals surface area contributed by atoms with Crippen molar-refractivity contribution in [2.75, 3.05) is 16.9 Å². The van der Waals surface area contributed by atoms with Crippen LogP contribution in [0.4, 0.5) is 11.4 Å². The molecule has 2 aromatic rings. The molecule has 0 saturated carbocycles. The lowest BCUT2D eigenvalue weighted by Gasteiger charge is -2.23. The third-order valence-corrected chi connectivity index (χ3v) is 3.68. The Kier molecular flexibility index (Phi) is 6.89. The Balaban J connectivity index is 2.27. The van der Waals surface area contributed by atoms with Crippen molar-refractivity contribution < 1.29 is 4.79 Å². The summed E-state index contributed by atoms with van der Waals surface area (Å²) in [7, 11) is 0. The number of carbonyl (C=O) groups excluding carboxylic acids is 1. The molecule has 0 saturated heterocycles. The van der Waals surface area contributed by atoms with Crippen molar-refractivity contribution >= 4 is 28.7 Å². The first kappa shape index (κ1) is 18.4. The number of para-hydroxylation sites is 2. The molecule has 5 nitrogen and oxygen atoms in total. The van der Waals surface area contributed by atoms with E-state index in [0.29, 0.717) is 6.54 Å². The number of hydrogen-bond donors (Lipinski definition) is 2. The van der Waals surface area contributed by atoms with Crippen LogP contribution in [-0.4, -0.2) is 23.9 Å². The van der Waals surface area contributed by atoms with Gasteiger partial charge in [0, 0.05) is 12.2 Å². The molecule has 0 aliphatic rings. The summed E-state index contributed by atoms with van der Waals surface area (Å²) in [5.41, 5.74) is 4.70. The number of anilines is 2. The maximum atomic E-state index is 13.0. The quantitative estimate of drug-likeness (QED) is 0.556. The van der Waals surface area contributed by atoms with Gasteiger partial charge in [-0.1, -0.05) is 49.7 Å². The number of unbranched alkanes of at least 4 members (excludes halogenated alkanes) is 1. The zero-order valence-electron chi connectivity index (χ0n) is 14.7. The molecule has 2 rings (SSSR count). The lowest BCUT2D eigenvalue weighted by atomic mass is 10.2. The monoisotopic (exact) mass is 336 g/mol. The summed E-state index contributed by atoms with van der Waals surface area (Å²) in [6, 6.07) is 18.9. The van der Waals surface area contributed by atoms with Gasteiger partial charge >= 0.3 is 0 Å². The van der Waals surface area contributed by atoms with Gasteiger partial charge in [0.1, 0.15) is 0 Å². The molecule has 0 heterocycles. The Bertz CT molecular complexity index is 726. The molecule has 0 bridgehead atoms. The Labute approximate surface area is 148 Å². The zero-order chi connectivity index (χ0) is 18.1. The average molecular weight is 336 g/mol. The highest BCUT2D eigenvalue weighted by atomic mass is 16.2. The number of nitrogens with zero attached hydrogens (tertiary/aromatic N) is 2. The van der Waals surface area contributed by atoms with Gasteiger partial charge < -0.3 is 10.3 Å². The van der Waals surface area contributed by atoms with Crippen LogP contribution in [0.3, 0.4) is 0 Å². The summed E-state index contributed by atoms with van der Waals surface area (Å²) in [6.45, 7) is 4.25. The Morgan fingerprint density at radius 3 is 2.24 bits per heavy atom. The van der Waals surface area contributed by atoms with E-state index in [0.717, 1.165) is 24.2 Å². The van der Waals surface area contributed by atoms with Gasteiger partial charge in [-0.2, -0.15) is 5.10 Å². The van der Waals surface area contributed by atoms with Crippen LogP contribution in [0.5, 0.6) is 0 Å². The molecule has 0 aliphatic carbocycles. The number of rotatable bonds is 8. The number of carbonyl (C=O) groups is 1. The highest BCUT2D eigenvalue weighted by Crippen LogP contribution is 2.15. The number of amides is 1. The first-order valence-corrected chi connectivity index (χ1v) is 8.44. The molecule has 0 aliphatic heterocycles. The van der Waals surface area contributed by atoms with E-state index in [1.54, 1.807) is 11.8 Å². The largest absolute Gasteiger partial charge is 0.307 e. The second-order valence-corrected chi connectivity index (χ2v) is 5.71. The highest BCUT2D eigenvalue weighted by molar-refractivity contribution is 6.68. The molecule has 2 N–H and O–H groups in total. The van der Waals surface area contributed by atoms with E-state index in [9.17, 15) is 4.79 Å². The van der Waals surface area contributed by atoms with Crippen molar-refractivity contribution in [2.24, 2.45) is 5.10 Å². The van der Waals surface area contributed by atoms with Crippen LogP contribution < -0.4 is 10.3 Å². The van der Waals surface area contributed by atoms with Gasteiger partial charge in [-0.25, -0.2) is 0 Å². The summed E-state index contributed by atoms with van der Waals surface area (Å²) in [5.74, 6) is -0.268. The van der Waals surface area contributed by atoms with Crippen LogP contribution in [0.1, 0.15) is 26.7 Å². The second kappa shape index (κ2) is 9.37. The lowest BCUT2D eigenvalue weighted by molar-refractivity contribution is -0.112. The van der Waals surface area contributed by atoms with E-state index in [2.05, 4.69) is 17.5 Å². The summed E-state index contributed by atoms with van der Waals surface area (Å²) in [5, 5.41) is 12.2. The van der Waals surface area contributed by atoms with Crippen LogP contribution in [0.25, 0.3) is 0 Å². The summed E-state index contributed by atoms with van der Waals surface area (Å²) in [6.07, 6.45) is 1.87. The number of nitrogens with one attached hydrogen (secondary N) is 2. The van der Waals surface area contributed by atoms with Gasteiger partial charge in [-0.05, 0) is 37.6 Å². The minimum Gasteiger partial charge on any atom is -0.307 e. The maximum absolute atomic E-state index is 13.0. The second-order valence-electron chi connectivity index (χ2n) is 5.71. The standard InChI is InChI=1S/C20H24N4O/c1-3-4-15-24(18-13-9-6-10-14-18)20(25)19(16(2)21)23-22-17-11-7-5-8-12-17/h5-14,21-22H,3-4,15H2,1-2H3/b21-16?,23-19+. The van der Waals surface area contributed by atoms with Crippen LogP contribution in [0.15, 0.2) is 65.8 Å². The fraction of sp³-hybridized carbons (Fsp3) is 0.250. The fourth-order valence-corrected chi connectivity index (χ4v) is 2.33. The van der Waals surface area contributed by atoms with E-state index in [-0.39, 0.29) is 17.3 Å². The molecule has 0 spiro atoms. The number of benzene rings is 2. The molecule has 0 fully saturated rings. The van der Waals surface area contributed by atoms with Crippen molar-refractivity contribution in [3.63, 3.8) is 0 Å². The molecule has 0 unspecified atom stereocenters. The van der Waals surface area contributed by atoms with Crippen molar-refractivity contribution in [1.29, 1.82) is 5.41 Å². The number of hydrazone groups is 1. The minimum absolute atomic E-state index is 0.115. The van der Waals surface area contributed by atoms with E-state index >= 15 is 0 Å². The van der Waals surface area contributed by atoms with Gasteiger partial charge in [-0.15, -0.1) is 0 Å². The molecule has 5 heteroatoms. The Hall–Kier alpha value is -2.95. The van der Waals surface area contributed by atoms with Gasteiger partial charge in [0.25, 0.3) is 5.91 Å². The first-order valence-electron chi connectivity index (χ1n) is 8.44. The SMILES string of the molecule is CCCCN(C(=O)/C(=N/Nc1ccccc1)C(C)=N)c1ccccc1. The van der Waals surface area contributed by atoms with Crippen LogP contribution in [0.2, 0.25) is 0 Å². The van der Waals surface area contributed by atoms with E-state index in [4.69, 9.17) is 5.41 Å². The molecule has 0 radical (unpaired) electrons. The van der Waals surface area contributed by atoms with Gasteiger partial charge in [-0.3, -0.25) is 10.2 Å². The van der Waals surface area contributed by atoms with Crippen molar-refractivity contribution in [2.45, 2.75) is 26.7 Å². The third kappa shape index (κ3) is 5.28. The predicted octanol–water partition coefficient (Wildman–Crippen LogP) is 4.33.